The van der Waals surface area contributed by atoms with Crippen LogP contribution in [0.2, 0.25) is 0 Å². The number of carbonyl (C=O) groups excluding carboxylic acids is 1. The van der Waals surface area contributed by atoms with Crippen LogP contribution in [-0.4, -0.2) is 62.1 Å². The highest BCUT2D eigenvalue weighted by molar-refractivity contribution is 5.75. The topological polar surface area (TPSA) is 32.8 Å². The molecular weight excluding hydrogens is 228 g/mol. The first-order valence-electron chi connectivity index (χ1n) is 7.08. The second kappa shape index (κ2) is 7.74. The van der Waals surface area contributed by atoms with Crippen LogP contribution < -0.4 is 0 Å². The highest BCUT2D eigenvalue weighted by Gasteiger charge is 2.28. The molecule has 0 aromatic rings. The van der Waals surface area contributed by atoms with E-state index >= 15 is 0 Å². The molecule has 1 heterocycles. The zero-order valence-electron chi connectivity index (χ0n) is 12.3. The molecule has 106 valence electrons. The number of methoxy groups -OCH3 is 1. The van der Waals surface area contributed by atoms with Crippen molar-refractivity contribution in [3.05, 3.63) is 0 Å². The van der Waals surface area contributed by atoms with Crippen LogP contribution in [0.1, 0.15) is 39.0 Å². The van der Waals surface area contributed by atoms with Gasteiger partial charge in [-0.25, -0.2) is 0 Å². The van der Waals surface area contributed by atoms with Gasteiger partial charge in [-0.2, -0.15) is 0 Å². The number of unbranched alkanes of at least 4 members (excludes halogenated alkanes) is 1. The number of carbonyl (C=O) groups is 1. The average molecular weight is 256 g/mol. The number of rotatable bonds is 7. The summed E-state index contributed by atoms with van der Waals surface area (Å²) in [7, 11) is 5.70. The van der Waals surface area contributed by atoms with Crippen LogP contribution in [0.3, 0.4) is 0 Å². The molecule has 0 aromatic carbocycles. The molecule has 1 aliphatic heterocycles. The first-order chi connectivity index (χ1) is 8.60. The van der Waals surface area contributed by atoms with E-state index in [9.17, 15) is 4.79 Å². The monoisotopic (exact) mass is 256 g/mol. The summed E-state index contributed by atoms with van der Waals surface area (Å²) in [5.41, 5.74) is 0. The molecule has 1 saturated heterocycles. The second-order valence-corrected chi connectivity index (χ2v) is 5.40. The van der Waals surface area contributed by atoms with Gasteiger partial charge < -0.3 is 9.64 Å². The smallest absolute Gasteiger partial charge is 0.323 e. The van der Waals surface area contributed by atoms with Crippen LogP contribution in [0.25, 0.3) is 0 Å². The normalized spacial score (nSPS) is 22.4. The molecule has 0 aromatic heterocycles. The highest BCUT2D eigenvalue weighted by Crippen LogP contribution is 2.18. The summed E-state index contributed by atoms with van der Waals surface area (Å²) in [4.78, 5) is 16.4. The Bertz CT molecular complexity index is 258. The van der Waals surface area contributed by atoms with Gasteiger partial charge in [-0.3, -0.25) is 9.69 Å². The Kier molecular flexibility index (Phi) is 6.65. The van der Waals surface area contributed by atoms with Gasteiger partial charge in [0.15, 0.2) is 0 Å². The highest BCUT2D eigenvalue weighted by atomic mass is 16.5. The molecule has 0 amide bonds. The number of hydrogen-bond acceptors (Lipinski definition) is 4. The fourth-order valence-corrected chi connectivity index (χ4v) is 2.72. The zero-order valence-corrected chi connectivity index (χ0v) is 12.3. The first-order valence-corrected chi connectivity index (χ1v) is 7.08. The van der Waals surface area contributed by atoms with E-state index in [0.717, 1.165) is 25.8 Å². The van der Waals surface area contributed by atoms with E-state index in [-0.39, 0.29) is 12.0 Å². The Morgan fingerprint density at radius 3 is 2.78 bits per heavy atom. The Morgan fingerprint density at radius 2 is 2.28 bits per heavy atom. The third-order valence-corrected chi connectivity index (χ3v) is 4.01. The number of hydrogen-bond donors (Lipinski definition) is 0. The van der Waals surface area contributed by atoms with Crippen molar-refractivity contribution in [3.63, 3.8) is 0 Å². The van der Waals surface area contributed by atoms with Crippen molar-refractivity contribution in [2.75, 3.05) is 34.3 Å². The van der Waals surface area contributed by atoms with Crippen molar-refractivity contribution >= 4 is 5.97 Å². The van der Waals surface area contributed by atoms with Gasteiger partial charge in [0.1, 0.15) is 6.04 Å². The minimum Gasteiger partial charge on any atom is -0.468 e. The molecule has 0 spiro atoms. The molecule has 0 saturated carbocycles. The average Bonchev–Trinajstić information content (AvgIpc) is 2.75. The molecule has 0 bridgehead atoms. The summed E-state index contributed by atoms with van der Waals surface area (Å²) < 4.78 is 4.93. The predicted octanol–water partition coefficient (Wildman–Crippen LogP) is 1.74. The molecular formula is C14H28N2O2. The van der Waals surface area contributed by atoms with E-state index in [4.69, 9.17) is 4.74 Å². The van der Waals surface area contributed by atoms with Crippen molar-refractivity contribution in [1.82, 2.24) is 9.80 Å². The molecule has 0 radical (unpaired) electrons. The molecule has 0 N–H and O–H groups in total. The predicted molar refractivity (Wildman–Crippen MR) is 73.6 cm³/mol. The van der Waals surface area contributed by atoms with E-state index in [1.165, 1.54) is 26.5 Å². The fourth-order valence-electron chi connectivity index (χ4n) is 2.72. The Balaban J connectivity index is 2.52. The molecule has 1 aliphatic rings. The summed E-state index contributed by atoms with van der Waals surface area (Å²) in [5.74, 6) is -0.0911. The Hall–Kier alpha value is -0.610. The van der Waals surface area contributed by atoms with Gasteiger partial charge in [-0.05, 0) is 39.9 Å². The van der Waals surface area contributed by atoms with Gasteiger partial charge in [0.2, 0.25) is 0 Å². The van der Waals surface area contributed by atoms with Gasteiger partial charge in [0, 0.05) is 12.6 Å². The lowest BCUT2D eigenvalue weighted by Crippen LogP contribution is -2.45. The van der Waals surface area contributed by atoms with Crippen molar-refractivity contribution < 1.29 is 9.53 Å². The largest absolute Gasteiger partial charge is 0.468 e. The van der Waals surface area contributed by atoms with E-state index in [0.29, 0.717) is 6.04 Å². The van der Waals surface area contributed by atoms with Crippen LogP contribution in [0.5, 0.6) is 0 Å². The lowest BCUT2D eigenvalue weighted by molar-refractivity contribution is -0.147. The maximum Gasteiger partial charge on any atom is 0.323 e. The van der Waals surface area contributed by atoms with E-state index in [1.54, 1.807) is 0 Å². The van der Waals surface area contributed by atoms with Crippen LogP contribution in [0.4, 0.5) is 0 Å². The molecule has 4 nitrogen and oxygen atoms in total. The minimum absolute atomic E-state index is 0.0797. The van der Waals surface area contributed by atoms with E-state index < -0.39 is 0 Å². The van der Waals surface area contributed by atoms with Crippen LogP contribution in [0.15, 0.2) is 0 Å². The van der Waals surface area contributed by atoms with Crippen molar-refractivity contribution in [2.45, 2.75) is 51.1 Å². The molecule has 1 fully saturated rings. The summed E-state index contributed by atoms with van der Waals surface area (Å²) in [6.07, 6.45) is 5.60. The number of ether oxygens (including phenoxy) is 1. The third kappa shape index (κ3) is 4.25. The lowest BCUT2D eigenvalue weighted by Gasteiger charge is -2.30. The molecule has 2 unspecified atom stereocenters. The number of likely N-dealkylation sites (tertiary alicyclic amines) is 1. The Labute approximate surface area is 111 Å². The van der Waals surface area contributed by atoms with E-state index in [2.05, 4.69) is 23.8 Å². The second-order valence-electron chi connectivity index (χ2n) is 5.40. The summed E-state index contributed by atoms with van der Waals surface area (Å²) in [6, 6.07) is 0.507. The van der Waals surface area contributed by atoms with Crippen LogP contribution >= 0.6 is 0 Å². The zero-order chi connectivity index (χ0) is 13.5. The molecule has 0 aliphatic carbocycles. The van der Waals surface area contributed by atoms with Gasteiger partial charge in [0.05, 0.1) is 7.11 Å². The van der Waals surface area contributed by atoms with Crippen molar-refractivity contribution in [2.24, 2.45) is 0 Å². The third-order valence-electron chi connectivity index (χ3n) is 4.01. The maximum atomic E-state index is 11.8. The SMILES string of the molecule is CCCCC(C(=O)OC)N(C)CC1CCCN1C. The summed E-state index contributed by atoms with van der Waals surface area (Å²) in [6.45, 7) is 4.29. The van der Waals surface area contributed by atoms with E-state index in [1.807, 2.05) is 7.05 Å². The summed E-state index contributed by atoms with van der Waals surface area (Å²) in [5, 5.41) is 0. The first kappa shape index (κ1) is 15.4. The minimum atomic E-state index is -0.0911. The summed E-state index contributed by atoms with van der Waals surface area (Å²) >= 11 is 0. The molecule has 18 heavy (non-hydrogen) atoms. The fraction of sp³-hybridized carbons (Fsp3) is 0.929. The Morgan fingerprint density at radius 1 is 1.56 bits per heavy atom. The standard InChI is InChI=1S/C14H28N2O2/c1-5-6-9-13(14(17)18-4)16(3)11-12-8-7-10-15(12)2/h12-13H,5-11H2,1-4H3. The maximum absolute atomic E-state index is 11.8. The molecule has 4 heteroatoms. The lowest BCUT2D eigenvalue weighted by atomic mass is 10.1. The quantitative estimate of drug-likeness (QED) is 0.650. The van der Waals surface area contributed by atoms with Gasteiger partial charge in [-0.1, -0.05) is 19.8 Å². The van der Waals surface area contributed by atoms with Crippen LogP contribution in [0, 0.1) is 0 Å². The van der Waals surface area contributed by atoms with Crippen LogP contribution in [-0.2, 0) is 9.53 Å². The van der Waals surface area contributed by atoms with Gasteiger partial charge >= 0.3 is 5.97 Å². The number of likely N-dealkylation sites (N-methyl/N-ethyl adjacent to an activating group) is 2. The number of esters is 1. The van der Waals surface area contributed by atoms with Crippen molar-refractivity contribution in [3.8, 4) is 0 Å². The molecule has 2 atom stereocenters. The van der Waals surface area contributed by atoms with Gasteiger partial charge in [-0.15, -0.1) is 0 Å². The number of nitrogens with zero attached hydrogens (tertiary/aromatic N) is 2. The van der Waals surface area contributed by atoms with Crippen molar-refractivity contribution in [1.29, 1.82) is 0 Å². The van der Waals surface area contributed by atoms with Gasteiger partial charge in [0.25, 0.3) is 0 Å². The molecule has 1 rings (SSSR count).